The zero-order valence-electron chi connectivity index (χ0n) is 18.1. The minimum atomic E-state index is -0.580. The van der Waals surface area contributed by atoms with Crippen molar-refractivity contribution in [2.75, 3.05) is 33.3 Å². The summed E-state index contributed by atoms with van der Waals surface area (Å²) in [5, 5.41) is 6.72. The molecule has 1 aliphatic heterocycles. The van der Waals surface area contributed by atoms with Gasteiger partial charge >= 0.3 is 0 Å². The predicted octanol–water partition coefficient (Wildman–Crippen LogP) is 2.90. The average Bonchev–Trinajstić information content (AvgIpc) is 3.45. The summed E-state index contributed by atoms with van der Waals surface area (Å²) in [6.45, 7) is 6.00. The zero-order valence-corrected chi connectivity index (χ0v) is 20.4. The number of halogens is 1. The van der Waals surface area contributed by atoms with Crippen molar-refractivity contribution in [3.8, 4) is 5.75 Å². The molecule has 0 aliphatic carbocycles. The molecular weight excluding hydrogens is 509 g/mol. The van der Waals surface area contributed by atoms with Gasteiger partial charge in [0.05, 0.1) is 13.2 Å². The van der Waals surface area contributed by atoms with Crippen LogP contribution in [-0.4, -0.2) is 50.1 Å². The number of furan rings is 1. The van der Waals surface area contributed by atoms with Gasteiger partial charge < -0.3 is 25.5 Å². The summed E-state index contributed by atoms with van der Waals surface area (Å²) in [6, 6.07) is 11.8. The van der Waals surface area contributed by atoms with Gasteiger partial charge in [-0.25, -0.2) is 4.99 Å². The van der Waals surface area contributed by atoms with Crippen LogP contribution in [0, 0.1) is 0 Å². The molecule has 0 spiro atoms. The maximum absolute atomic E-state index is 11.2. The number of ether oxygens (including phenoxy) is 1. The number of nitrogens with one attached hydrogen (secondary N) is 2. The van der Waals surface area contributed by atoms with Gasteiger partial charge in [-0.15, -0.1) is 24.0 Å². The Kier molecular flexibility index (Phi) is 10.1. The number of carbonyl (C=O) groups excluding carboxylic acids is 1. The van der Waals surface area contributed by atoms with Crippen LogP contribution >= 0.6 is 24.0 Å². The number of hydrogen-bond acceptors (Lipinski definition) is 5. The third-order valence-electron chi connectivity index (χ3n) is 5.19. The van der Waals surface area contributed by atoms with Crippen LogP contribution in [0.2, 0.25) is 0 Å². The highest BCUT2D eigenvalue weighted by Gasteiger charge is 2.23. The van der Waals surface area contributed by atoms with Gasteiger partial charge in [-0.3, -0.25) is 9.69 Å². The van der Waals surface area contributed by atoms with Crippen molar-refractivity contribution >= 4 is 35.8 Å². The van der Waals surface area contributed by atoms with Crippen LogP contribution < -0.4 is 21.1 Å². The second-order valence-corrected chi connectivity index (χ2v) is 7.24. The molecule has 0 radical (unpaired) electrons. The van der Waals surface area contributed by atoms with Crippen molar-refractivity contribution in [1.82, 2.24) is 15.5 Å². The largest absolute Gasteiger partial charge is 0.497 e. The molecule has 1 fully saturated rings. The smallest absolute Gasteiger partial charge is 0.284 e. The summed E-state index contributed by atoms with van der Waals surface area (Å²) < 4.78 is 10.7. The minimum absolute atomic E-state index is 0. The first-order valence-corrected chi connectivity index (χ1v) is 10.4. The number of aliphatic imine (C=N–C) groups is 1. The van der Waals surface area contributed by atoms with Gasteiger partial charge in [0.2, 0.25) is 0 Å². The molecule has 2 aromatic rings. The molecule has 1 aromatic heterocycles. The number of rotatable bonds is 9. The van der Waals surface area contributed by atoms with E-state index in [0.29, 0.717) is 18.3 Å². The Morgan fingerprint density at radius 1 is 1.19 bits per heavy atom. The van der Waals surface area contributed by atoms with Crippen LogP contribution in [0.25, 0.3) is 0 Å². The first kappa shape index (κ1) is 25.0. The number of nitrogens with two attached hydrogens (primary N) is 1. The molecule has 0 bridgehead atoms. The van der Waals surface area contributed by atoms with E-state index in [1.54, 1.807) is 19.2 Å². The molecule has 9 heteroatoms. The molecule has 0 saturated carbocycles. The van der Waals surface area contributed by atoms with E-state index in [1.165, 1.54) is 18.4 Å². The topological polar surface area (TPSA) is 105 Å². The third-order valence-corrected chi connectivity index (χ3v) is 5.19. The van der Waals surface area contributed by atoms with Crippen LogP contribution in [0.3, 0.4) is 0 Å². The number of amides is 1. The van der Waals surface area contributed by atoms with E-state index in [0.717, 1.165) is 31.9 Å². The number of benzene rings is 1. The number of methoxy groups -OCH3 is 1. The molecule has 4 N–H and O–H groups in total. The number of guanidine groups is 1. The Balaban J connectivity index is 0.00000341. The van der Waals surface area contributed by atoms with Crippen molar-refractivity contribution < 1.29 is 13.9 Å². The van der Waals surface area contributed by atoms with Crippen LogP contribution in [0.15, 0.2) is 45.8 Å². The molecule has 1 aromatic carbocycles. The molecule has 1 unspecified atom stereocenters. The quantitative estimate of drug-likeness (QED) is 0.256. The molecule has 1 amide bonds. The lowest BCUT2D eigenvalue weighted by molar-refractivity contribution is 0.0972. The van der Waals surface area contributed by atoms with E-state index in [9.17, 15) is 4.79 Å². The van der Waals surface area contributed by atoms with E-state index < -0.39 is 5.91 Å². The van der Waals surface area contributed by atoms with Crippen molar-refractivity contribution in [3.63, 3.8) is 0 Å². The number of nitrogens with zero attached hydrogens (tertiary/aromatic N) is 2. The Labute approximate surface area is 200 Å². The SMILES string of the molecule is CCNC(=NCc1ccc(C(N)=O)o1)NCC(c1ccc(OC)cc1)N1CCCC1.I. The van der Waals surface area contributed by atoms with Gasteiger partial charge in [0.25, 0.3) is 5.91 Å². The van der Waals surface area contributed by atoms with Crippen molar-refractivity contribution in [3.05, 3.63) is 53.5 Å². The van der Waals surface area contributed by atoms with Crippen LogP contribution in [0.5, 0.6) is 5.75 Å². The molecule has 31 heavy (non-hydrogen) atoms. The van der Waals surface area contributed by atoms with E-state index in [1.807, 2.05) is 19.1 Å². The number of primary amides is 1. The van der Waals surface area contributed by atoms with Gasteiger partial charge in [-0.05, 0) is 62.7 Å². The van der Waals surface area contributed by atoms with Crippen LogP contribution in [0.1, 0.15) is 47.7 Å². The summed E-state index contributed by atoms with van der Waals surface area (Å²) in [5.41, 5.74) is 6.49. The lowest BCUT2D eigenvalue weighted by Gasteiger charge is -2.29. The Morgan fingerprint density at radius 2 is 1.90 bits per heavy atom. The van der Waals surface area contributed by atoms with E-state index in [2.05, 4.69) is 32.7 Å². The molecule has 8 nitrogen and oxygen atoms in total. The van der Waals surface area contributed by atoms with Gasteiger partial charge in [0.1, 0.15) is 18.1 Å². The van der Waals surface area contributed by atoms with Gasteiger partial charge in [0.15, 0.2) is 11.7 Å². The summed E-state index contributed by atoms with van der Waals surface area (Å²) in [4.78, 5) is 18.3. The highest BCUT2D eigenvalue weighted by atomic mass is 127. The fourth-order valence-corrected chi connectivity index (χ4v) is 3.62. The molecule has 1 atom stereocenters. The number of likely N-dealkylation sites (tertiary alicyclic amines) is 1. The Bertz CT molecular complexity index is 847. The van der Waals surface area contributed by atoms with Gasteiger partial charge in [-0.1, -0.05) is 12.1 Å². The van der Waals surface area contributed by atoms with E-state index >= 15 is 0 Å². The maximum atomic E-state index is 11.2. The summed E-state index contributed by atoms with van der Waals surface area (Å²) in [6.07, 6.45) is 2.45. The third kappa shape index (κ3) is 7.13. The second kappa shape index (κ2) is 12.6. The van der Waals surface area contributed by atoms with Gasteiger partial charge in [-0.2, -0.15) is 0 Å². The lowest BCUT2D eigenvalue weighted by Crippen LogP contribution is -2.42. The maximum Gasteiger partial charge on any atom is 0.284 e. The number of hydrogen-bond donors (Lipinski definition) is 3. The molecule has 2 heterocycles. The van der Waals surface area contributed by atoms with E-state index in [-0.39, 0.29) is 35.8 Å². The molecule has 1 aliphatic rings. The monoisotopic (exact) mass is 541 g/mol. The van der Waals surface area contributed by atoms with Gasteiger partial charge in [0, 0.05) is 13.1 Å². The first-order valence-electron chi connectivity index (χ1n) is 10.4. The summed E-state index contributed by atoms with van der Waals surface area (Å²) >= 11 is 0. The molecule has 170 valence electrons. The predicted molar refractivity (Wildman–Crippen MR) is 132 cm³/mol. The van der Waals surface area contributed by atoms with Crippen LogP contribution in [0.4, 0.5) is 0 Å². The highest BCUT2D eigenvalue weighted by Crippen LogP contribution is 2.26. The lowest BCUT2D eigenvalue weighted by atomic mass is 10.1. The molecular formula is C22H32IN5O3. The minimum Gasteiger partial charge on any atom is -0.497 e. The Morgan fingerprint density at radius 3 is 2.48 bits per heavy atom. The normalized spacial score (nSPS) is 15.2. The van der Waals surface area contributed by atoms with Crippen molar-refractivity contribution in [2.45, 2.75) is 32.4 Å². The standard InChI is InChI=1S/C22H31N5O3.HI/c1-3-24-22(25-14-18-10-11-20(30-18)21(23)28)26-15-19(27-12-4-5-13-27)16-6-8-17(29-2)9-7-16;/h6-11,19H,3-5,12-15H2,1-2H3,(H2,23,28)(H2,24,25,26);1H. The highest BCUT2D eigenvalue weighted by molar-refractivity contribution is 14.0. The molecule has 3 rings (SSSR count). The van der Waals surface area contributed by atoms with E-state index in [4.69, 9.17) is 14.9 Å². The van der Waals surface area contributed by atoms with Crippen LogP contribution in [-0.2, 0) is 6.54 Å². The fraction of sp³-hybridized carbons (Fsp3) is 0.455. The second-order valence-electron chi connectivity index (χ2n) is 7.24. The Hall–Kier alpha value is -2.27. The number of carbonyl (C=O) groups is 1. The summed E-state index contributed by atoms with van der Waals surface area (Å²) in [5.74, 6) is 1.71. The molecule has 1 saturated heterocycles. The zero-order chi connectivity index (χ0) is 21.3. The first-order chi connectivity index (χ1) is 14.6. The van der Waals surface area contributed by atoms with Crippen molar-refractivity contribution in [2.24, 2.45) is 10.7 Å². The fourth-order valence-electron chi connectivity index (χ4n) is 3.62. The average molecular weight is 541 g/mol. The summed E-state index contributed by atoms with van der Waals surface area (Å²) in [7, 11) is 1.68. The van der Waals surface area contributed by atoms with Crippen molar-refractivity contribution in [1.29, 1.82) is 0 Å².